The van der Waals surface area contributed by atoms with Crippen molar-refractivity contribution in [1.82, 2.24) is 9.88 Å². The Bertz CT molecular complexity index is 1650. The molecule has 6 heteroatoms. The molecule has 1 aliphatic heterocycles. The Morgan fingerprint density at radius 1 is 0.818 bits per heavy atom. The summed E-state index contributed by atoms with van der Waals surface area (Å²) in [4.78, 5) is 33.6. The first-order valence-corrected chi connectivity index (χ1v) is 15.5. The summed E-state index contributed by atoms with van der Waals surface area (Å²) in [5, 5.41) is 0. The average molecular weight is 645 g/mol. The Hall–Kier alpha value is -4.39. The van der Waals surface area contributed by atoms with Gasteiger partial charge in [-0.3, -0.25) is 19.5 Å². The lowest BCUT2D eigenvalue weighted by atomic mass is 9.65. The van der Waals surface area contributed by atoms with E-state index < -0.39 is 22.8 Å². The van der Waals surface area contributed by atoms with Gasteiger partial charge < -0.3 is 4.90 Å². The van der Waals surface area contributed by atoms with Gasteiger partial charge in [-0.25, -0.2) is 0 Å². The number of pyridine rings is 1. The topological polar surface area (TPSA) is 53.5 Å². The largest absolute Gasteiger partial charge is 0.346 e. The molecule has 5 nitrogen and oxygen atoms in total. The minimum Gasteiger partial charge on any atom is -0.346 e. The number of rotatable bonds is 9. The number of benzene rings is 4. The number of hydrogen-bond donors (Lipinski definition) is 0. The van der Waals surface area contributed by atoms with Crippen molar-refractivity contribution >= 4 is 33.7 Å². The van der Waals surface area contributed by atoms with Crippen molar-refractivity contribution in [3.05, 3.63) is 166 Å². The van der Waals surface area contributed by atoms with Crippen LogP contribution >= 0.6 is 15.9 Å². The molecule has 2 heterocycles. The second-order valence-electron chi connectivity index (χ2n) is 11.7. The molecule has 6 rings (SSSR count). The molecule has 1 aromatic heterocycles. The number of Topliss-reactive ketones (excluding diaryl/α,β-unsaturated/α-hetero) is 1. The van der Waals surface area contributed by atoms with E-state index in [1.807, 2.05) is 38.1 Å². The van der Waals surface area contributed by atoms with Crippen LogP contribution in [-0.4, -0.2) is 40.2 Å². The summed E-state index contributed by atoms with van der Waals surface area (Å²) in [5.41, 5.74) is 5.40. The quantitative estimate of drug-likeness (QED) is 0.0950. The predicted molar refractivity (Wildman–Crippen MR) is 179 cm³/mol. The lowest BCUT2D eigenvalue weighted by Crippen LogP contribution is -2.51. The van der Waals surface area contributed by atoms with Gasteiger partial charge >= 0.3 is 0 Å². The van der Waals surface area contributed by atoms with Crippen LogP contribution in [0.5, 0.6) is 0 Å². The van der Waals surface area contributed by atoms with Gasteiger partial charge in [0.05, 0.1) is 12.1 Å². The van der Waals surface area contributed by atoms with Gasteiger partial charge in [-0.05, 0) is 75.8 Å². The van der Waals surface area contributed by atoms with Crippen LogP contribution in [0.15, 0.2) is 138 Å². The van der Waals surface area contributed by atoms with Gasteiger partial charge in [-0.1, -0.05) is 103 Å². The van der Waals surface area contributed by atoms with Crippen LogP contribution in [0.25, 0.3) is 0 Å². The van der Waals surface area contributed by atoms with E-state index in [1.54, 1.807) is 12.4 Å². The van der Waals surface area contributed by atoms with E-state index in [-0.39, 0.29) is 0 Å². The van der Waals surface area contributed by atoms with E-state index in [0.29, 0.717) is 19.5 Å². The van der Waals surface area contributed by atoms with E-state index in [2.05, 4.69) is 128 Å². The molecule has 44 heavy (non-hydrogen) atoms. The average Bonchev–Trinajstić information content (AvgIpc) is 3.33. The molecule has 4 aromatic carbocycles. The molecule has 0 aliphatic carbocycles. The number of nitrogens with zero attached hydrogens (tertiary/aromatic N) is 3. The van der Waals surface area contributed by atoms with Crippen LogP contribution in [0.1, 0.15) is 41.7 Å². The lowest BCUT2D eigenvalue weighted by molar-refractivity contribution is -0.131. The van der Waals surface area contributed by atoms with Gasteiger partial charge in [0.25, 0.3) is 0 Å². The van der Waals surface area contributed by atoms with Crippen LogP contribution < -0.4 is 4.90 Å². The number of aromatic nitrogens is 1. The highest BCUT2D eigenvalue weighted by molar-refractivity contribution is 9.10. The standard InChI is InChI=1S/C38H34BrN3O2/c1-37(2)36(35(44)26-43)42(27-41(37)25-28-22-23-40-24-34(28)39)33-20-18-32(19-21-33)38(29-12-6-3-7-13-29,30-14-8-4-9-15-30)31-16-10-5-11-17-31/h3-24,26,36H,25,27H2,1-2H3. The molecule has 1 atom stereocenters. The Kier molecular flexibility index (Phi) is 8.30. The summed E-state index contributed by atoms with van der Waals surface area (Å²) >= 11 is 3.62. The minimum atomic E-state index is -0.631. The number of aldehydes is 1. The lowest BCUT2D eigenvalue weighted by Gasteiger charge is -2.37. The van der Waals surface area contributed by atoms with E-state index in [4.69, 9.17) is 0 Å². The van der Waals surface area contributed by atoms with Gasteiger partial charge in [0.15, 0.2) is 6.29 Å². The number of carbonyl (C=O) groups is 2. The van der Waals surface area contributed by atoms with Gasteiger partial charge in [0.2, 0.25) is 5.78 Å². The van der Waals surface area contributed by atoms with Gasteiger partial charge in [-0.15, -0.1) is 0 Å². The molecule has 220 valence electrons. The summed E-state index contributed by atoms with van der Waals surface area (Å²) in [7, 11) is 0. The van der Waals surface area contributed by atoms with E-state index in [1.165, 1.54) is 0 Å². The third-order valence-electron chi connectivity index (χ3n) is 8.97. The van der Waals surface area contributed by atoms with Crippen LogP contribution in [0.3, 0.4) is 0 Å². The zero-order valence-corrected chi connectivity index (χ0v) is 26.4. The number of hydrogen-bond acceptors (Lipinski definition) is 5. The molecule has 1 fully saturated rings. The molecule has 0 saturated carbocycles. The first-order chi connectivity index (χ1) is 21.4. The molecule has 5 aromatic rings. The van der Waals surface area contributed by atoms with Gasteiger partial charge in [0.1, 0.15) is 6.04 Å². The molecule has 1 saturated heterocycles. The molecular formula is C38H34BrN3O2. The van der Waals surface area contributed by atoms with Gasteiger partial charge in [-0.2, -0.15) is 0 Å². The monoisotopic (exact) mass is 643 g/mol. The summed E-state index contributed by atoms with van der Waals surface area (Å²) < 4.78 is 0.913. The molecule has 1 aliphatic rings. The third kappa shape index (κ3) is 5.18. The van der Waals surface area contributed by atoms with Crippen LogP contribution in [0, 0.1) is 0 Å². The highest BCUT2D eigenvalue weighted by atomic mass is 79.9. The van der Waals surface area contributed by atoms with Crippen molar-refractivity contribution in [3.8, 4) is 0 Å². The Morgan fingerprint density at radius 3 is 1.80 bits per heavy atom. The summed E-state index contributed by atoms with van der Waals surface area (Å²) in [6.45, 7) is 5.17. The summed E-state index contributed by atoms with van der Waals surface area (Å²) in [6, 6.07) is 41.6. The molecule has 0 spiro atoms. The SMILES string of the molecule is CC1(C)C(C(=O)C=O)N(c2ccc(C(c3ccccc3)(c3ccccc3)c3ccccc3)cc2)CN1Cc1ccncc1Br. The van der Waals surface area contributed by atoms with Gasteiger partial charge in [0, 0.05) is 34.6 Å². The van der Waals surface area contributed by atoms with Crippen molar-refractivity contribution in [3.63, 3.8) is 0 Å². The fraction of sp³-hybridized carbons (Fsp3) is 0.184. The first kappa shape index (κ1) is 29.7. The minimum absolute atomic E-state index is 0.428. The molecule has 1 unspecified atom stereocenters. The Morgan fingerprint density at radius 2 is 1.32 bits per heavy atom. The predicted octanol–water partition coefficient (Wildman–Crippen LogP) is 7.42. The number of ketones is 1. The Balaban J connectivity index is 1.46. The fourth-order valence-electron chi connectivity index (χ4n) is 6.76. The first-order valence-electron chi connectivity index (χ1n) is 14.7. The number of anilines is 1. The molecule has 0 bridgehead atoms. The number of halogens is 1. The Labute approximate surface area is 267 Å². The maximum Gasteiger partial charge on any atom is 0.219 e. The maximum absolute atomic E-state index is 13.2. The van der Waals surface area contributed by atoms with Crippen molar-refractivity contribution in [2.24, 2.45) is 0 Å². The van der Waals surface area contributed by atoms with E-state index in [0.717, 1.165) is 38.0 Å². The van der Waals surface area contributed by atoms with E-state index >= 15 is 0 Å². The molecular weight excluding hydrogens is 610 g/mol. The van der Waals surface area contributed by atoms with Crippen molar-refractivity contribution < 1.29 is 9.59 Å². The summed E-state index contributed by atoms with van der Waals surface area (Å²) in [6.07, 6.45) is 4.01. The molecule has 0 N–H and O–H groups in total. The van der Waals surface area contributed by atoms with Crippen LogP contribution in [0.2, 0.25) is 0 Å². The fourth-order valence-corrected chi connectivity index (χ4v) is 7.13. The molecule has 0 radical (unpaired) electrons. The second kappa shape index (κ2) is 12.3. The van der Waals surface area contributed by atoms with Crippen LogP contribution in [-0.2, 0) is 21.5 Å². The highest BCUT2D eigenvalue weighted by Gasteiger charge is 2.50. The van der Waals surface area contributed by atoms with Crippen molar-refractivity contribution in [1.29, 1.82) is 0 Å². The second-order valence-corrected chi connectivity index (χ2v) is 12.6. The third-order valence-corrected chi connectivity index (χ3v) is 9.69. The highest BCUT2D eigenvalue weighted by Crippen LogP contribution is 2.46. The summed E-state index contributed by atoms with van der Waals surface area (Å²) in [5.74, 6) is -0.428. The zero-order chi connectivity index (χ0) is 30.7. The van der Waals surface area contributed by atoms with Crippen molar-refractivity contribution in [2.75, 3.05) is 11.6 Å². The smallest absolute Gasteiger partial charge is 0.219 e. The van der Waals surface area contributed by atoms with E-state index in [9.17, 15) is 9.59 Å². The molecule has 0 amide bonds. The normalized spacial score (nSPS) is 16.5. The van der Waals surface area contributed by atoms with Crippen LogP contribution in [0.4, 0.5) is 5.69 Å². The maximum atomic E-state index is 13.2. The zero-order valence-electron chi connectivity index (χ0n) is 24.8. The number of carbonyl (C=O) groups excluding carboxylic acids is 2. The van der Waals surface area contributed by atoms with Crippen molar-refractivity contribution in [2.45, 2.75) is 37.4 Å².